The number of rotatable bonds is 5. The summed E-state index contributed by atoms with van der Waals surface area (Å²) >= 11 is 0. The molecular formula is C28H40O10. The van der Waals surface area contributed by atoms with Gasteiger partial charge in [0.05, 0.1) is 18.6 Å². The van der Waals surface area contributed by atoms with Gasteiger partial charge in [0.2, 0.25) is 6.10 Å². The van der Waals surface area contributed by atoms with Gasteiger partial charge in [-0.25, -0.2) is 4.79 Å². The Morgan fingerprint density at radius 1 is 1.29 bits per heavy atom. The van der Waals surface area contributed by atoms with Crippen LogP contribution in [0.25, 0.3) is 0 Å². The largest absolute Gasteiger partial charge is 0.459 e. The fourth-order valence-corrected chi connectivity index (χ4v) is 8.90. The lowest BCUT2D eigenvalue weighted by Gasteiger charge is -2.68. The van der Waals surface area contributed by atoms with E-state index >= 15 is 0 Å². The van der Waals surface area contributed by atoms with Crippen molar-refractivity contribution in [3.63, 3.8) is 0 Å². The van der Waals surface area contributed by atoms with E-state index in [4.69, 9.17) is 14.2 Å². The summed E-state index contributed by atoms with van der Waals surface area (Å²) in [5.74, 6) is -7.37. The van der Waals surface area contributed by atoms with E-state index in [9.17, 15) is 34.8 Å². The second-order valence-corrected chi connectivity index (χ2v) is 12.9. The van der Waals surface area contributed by atoms with E-state index in [2.05, 4.69) is 0 Å². The maximum Gasteiger partial charge on any atom is 0.348 e. The maximum atomic E-state index is 13.4. The van der Waals surface area contributed by atoms with E-state index in [1.54, 1.807) is 41.5 Å². The molecular weight excluding hydrogens is 496 g/mol. The predicted molar refractivity (Wildman–Crippen MR) is 131 cm³/mol. The molecule has 0 radical (unpaired) electrons. The first-order valence-corrected chi connectivity index (χ1v) is 13.7. The average Bonchev–Trinajstić information content (AvgIpc) is 3.13. The molecule has 0 amide bonds. The number of allylic oxidation sites excluding steroid dienone is 1. The van der Waals surface area contributed by atoms with Gasteiger partial charge in [0.25, 0.3) is 0 Å². The van der Waals surface area contributed by atoms with Crippen LogP contribution in [0.3, 0.4) is 0 Å². The molecule has 2 saturated carbocycles. The zero-order chi connectivity index (χ0) is 28.2. The Kier molecular flexibility index (Phi) is 6.25. The monoisotopic (exact) mass is 536 g/mol. The van der Waals surface area contributed by atoms with Crippen LogP contribution in [0.2, 0.25) is 0 Å². The summed E-state index contributed by atoms with van der Waals surface area (Å²) in [6, 6.07) is 0. The molecule has 212 valence electrons. The third-order valence-corrected chi connectivity index (χ3v) is 11.0. The van der Waals surface area contributed by atoms with E-state index in [1.807, 2.05) is 0 Å². The molecule has 1 spiro atoms. The van der Waals surface area contributed by atoms with Crippen LogP contribution in [-0.2, 0) is 28.6 Å². The van der Waals surface area contributed by atoms with Crippen LogP contribution >= 0.6 is 0 Å². The van der Waals surface area contributed by atoms with Gasteiger partial charge < -0.3 is 34.6 Å². The molecule has 10 nitrogen and oxygen atoms in total. The van der Waals surface area contributed by atoms with Crippen molar-refractivity contribution in [1.82, 2.24) is 0 Å². The van der Waals surface area contributed by atoms with Crippen LogP contribution < -0.4 is 0 Å². The van der Waals surface area contributed by atoms with Gasteiger partial charge in [-0.1, -0.05) is 40.2 Å². The molecule has 38 heavy (non-hydrogen) atoms. The summed E-state index contributed by atoms with van der Waals surface area (Å²) in [6.07, 6.45) is -3.49. The highest BCUT2D eigenvalue weighted by molar-refractivity contribution is 5.96. The number of aliphatic hydroxyl groups excluding tert-OH is 2. The zero-order valence-corrected chi connectivity index (χ0v) is 22.8. The number of ketones is 1. The van der Waals surface area contributed by atoms with Crippen molar-refractivity contribution in [3.05, 3.63) is 11.6 Å². The molecule has 4 N–H and O–H groups in total. The lowest BCUT2D eigenvalue weighted by atomic mass is 9.38. The fraction of sp³-hybridized carbons (Fsp3) is 0.821. The van der Waals surface area contributed by atoms with Gasteiger partial charge in [-0.15, -0.1) is 0 Å². The number of ether oxygens (including phenoxy) is 3. The Morgan fingerprint density at radius 2 is 1.95 bits per heavy atom. The van der Waals surface area contributed by atoms with E-state index in [-0.39, 0.29) is 25.4 Å². The van der Waals surface area contributed by atoms with Crippen LogP contribution in [-0.4, -0.2) is 80.6 Å². The minimum Gasteiger partial charge on any atom is -0.459 e. The van der Waals surface area contributed by atoms with Gasteiger partial charge in [0.15, 0.2) is 11.6 Å². The number of fused-ring (bicyclic) bond motifs is 1. The Balaban J connectivity index is 1.60. The minimum absolute atomic E-state index is 0.108. The molecule has 10 heteroatoms. The topological polar surface area (TPSA) is 160 Å². The highest BCUT2D eigenvalue weighted by Crippen LogP contribution is 2.73. The van der Waals surface area contributed by atoms with Crippen molar-refractivity contribution in [2.75, 3.05) is 6.61 Å². The van der Waals surface area contributed by atoms with E-state index in [0.717, 1.165) is 0 Å². The molecule has 0 aromatic carbocycles. The molecule has 2 saturated heterocycles. The summed E-state index contributed by atoms with van der Waals surface area (Å²) in [7, 11) is 0. The van der Waals surface area contributed by atoms with Crippen molar-refractivity contribution in [1.29, 1.82) is 0 Å². The molecule has 3 aliphatic carbocycles. The van der Waals surface area contributed by atoms with Crippen LogP contribution in [0.1, 0.15) is 60.8 Å². The maximum absolute atomic E-state index is 13.4. The quantitative estimate of drug-likeness (QED) is 0.371. The van der Waals surface area contributed by atoms with Crippen molar-refractivity contribution >= 4 is 17.7 Å². The van der Waals surface area contributed by atoms with E-state index in [1.165, 1.54) is 6.08 Å². The molecule has 0 unspecified atom stereocenters. The SMILES string of the molecule is CC[C@](O)(CC(=O)O[C@H]1C(=O)O[C@@H]2C[C@H]3C(C)=CC(=O)[C@@H](O)[C@]3(C)[C@H]3[C@]4(O)OC[C@]32[C@@H]1[C@@H](C)[C@H]4O)C(C)C. The third kappa shape index (κ3) is 3.27. The van der Waals surface area contributed by atoms with Crippen molar-refractivity contribution < 1.29 is 49.0 Å². The van der Waals surface area contributed by atoms with Crippen molar-refractivity contribution in [3.8, 4) is 0 Å². The highest BCUT2D eigenvalue weighted by atomic mass is 16.7. The molecule has 2 aliphatic heterocycles. The lowest BCUT2D eigenvalue weighted by Crippen LogP contribution is -2.78. The number of carbonyl (C=O) groups is 3. The predicted octanol–water partition coefficient (Wildman–Crippen LogP) is 0.875. The van der Waals surface area contributed by atoms with Crippen LogP contribution in [0, 0.1) is 40.4 Å². The highest BCUT2D eigenvalue weighted by Gasteiger charge is 2.83. The summed E-state index contributed by atoms with van der Waals surface area (Å²) in [5, 5.41) is 45.5. The van der Waals surface area contributed by atoms with Crippen molar-refractivity contribution in [2.45, 2.75) is 96.6 Å². The zero-order valence-electron chi connectivity index (χ0n) is 22.8. The molecule has 0 aromatic rings. The Morgan fingerprint density at radius 3 is 2.55 bits per heavy atom. The van der Waals surface area contributed by atoms with Crippen molar-refractivity contribution in [2.24, 2.45) is 40.4 Å². The second kappa shape index (κ2) is 8.57. The molecule has 4 fully saturated rings. The number of hydrogen-bond acceptors (Lipinski definition) is 10. The van der Waals surface area contributed by atoms with Gasteiger partial charge in [0, 0.05) is 22.7 Å². The molecule has 2 bridgehead atoms. The Hall–Kier alpha value is -1.85. The molecule has 5 aliphatic rings. The second-order valence-electron chi connectivity index (χ2n) is 12.9. The van der Waals surface area contributed by atoms with Gasteiger partial charge in [-0.3, -0.25) is 9.59 Å². The summed E-state index contributed by atoms with van der Waals surface area (Å²) in [4.78, 5) is 39.4. The Bertz CT molecular complexity index is 1090. The molecule has 0 aromatic heterocycles. The van der Waals surface area contributed by atoms with Gasteiger partial charge in [-0.05, 0) is 43.6 Å². The molecule has 5 rings (SSSR count). The number of carbonyl (C=O) groups excluding carboxylic acids is 3. The normalized spacial score (nSPS) is 49.0. The first kappa shape index (κ1) is 27.7. The van der Waals surface area contributed by atoms with E-state index in [0.29, 0.717) is 12.0 Å². The van der Waals surface area contributed by atoms with E-state index < -0.39 is 88.0 Å². The molecule has 2 heterocycles. The summed E-state index contributed by atoms with van der Waals surface area (Å²) in [5.41, 5.74) is -3.00. The standard InChI is InChI=1S/C28H40O10/c1-7-26(34,12(2)3)10-18(30)38-20-19-14(5)21(31)28(35)24-25(6)15(13(4)8-16(29)22(25)32)9-17(37-23(20)33)27(19,24)11-36-28/h8,12,14-15,17,19-22,24,31-32,34-35H,7,9-11H2,1-6H3/t14-,15+,17-,19-,20-,21-,22-,24-,25-,26+,27+,28-/m1/s1. The fourth-order valence-electron chi connectivity index (χ4n) is 8.90. The van der Waals surface area contributed by atoms with Gasteiger partial charge in [0.1, 0.15) is 18.3 Å². The summed E-state index contributed by atoms with van der Waals surface area (Å²) < 4.78 is 17.7. The first-order chi connectivity index (χ1) is 17.6. The summed E-state index contributed by atoms with van der Waals surface area (Å²) in [6.45, 7) is 10.4. The minimum atomic E-state index is -2.11. The van der Waals surface area contributed by atoms with Crippen LogP contribution in [0.4, 0.5) is 0 Å². The van der Waals surface area contributed by atoms with Gasteiger partial charge >= 0.3 is 11.9 Å². The van der Waals surface area contributed by atoms with Gasteiger partial charge in [-0.2, -0.15) is 0 Å². The van der Waals surface area contributed by atoms with Crippen LogP contribution in [0.15, 0.2) is 11.6 Å². The number of aliphatic hydroxyl groups is 4. The average molecular weight is 537 g/mol. The smallest absolute Gasteiger partial charge is 0.348 e. The third-order valence-electron chi connectivity index (χ3n) is 11.0. The number of esters is 2. The first-order valence-electron chi connectivity index (χ1n) is 13.7. The van der Waals surface area contributed by atoms with Crippen LogP contribution in [0.5, 0.6) is 0 Å². The lowest BCUT2D eigenvalue weighted by molar-refractivity contribution is -0.340. The number of hydrogen-bond donors (Lipinski definition) is 4. The Labute approximate surface area is 222 Å². The molecule has 12 atom stereocenters.